The smallest absolute Gasteiger partial charge is 0.169 e. The van der Waals surface area contributed by atoms with E-state index in [0.717, 1.165) is 17.9 Å². The molecule has 0 saturated carbocycles. The second-order valence-corrected chi connectivity index (χ2v) is 5.39. The van der Waals surface area contributed by atoms with Crippen LogP contribution in [0.15, 0.2) is 39.4 Å². The van der Waals surface area contributed by atoms with Crippen LogP contribution in [0.25, 0.3) is 0 Å². The molecule has 0 saturated heterocycles. The highest BCUT2D eigenvalue weighted by molar-refractivity contribution is 9.10. The zero-order valence-electron chi connectivity index (χ0n) is 10.4. The molecule has 0 spiro atoms. The summed E-state index contributed by atoms with van der Waals surface area (Å²) >= 11 is 9.09. The lowest BCUT2D eigenvalue weighted by molar-refractivity contribution is 0.405. The van der Waals surface area contributed by atoms with Crippen LogP contribution in [0.5, 0.6) is 0 Å². The van der Waals surface area contributed by atoms with E-state index < -0.39 is 5.82 Å². The number of rotatable bonds is 5. The van der Waals surface area contributed by atoms with Gasteiger partial charge in [-0.2, -0.15) is 0 Å². The molecular weight excluding hydrogens is 333 g/mol. The topological polar surface area (TPSA) is 25.2 Å². The van der Waals surface area contributed by atoms with E-state index in [2.05, 4.69) is 21.2 Å². The van der Waals surface area contributed by atoms with Crippen LogP contribution in [-0.4, -0.2) is 6.54 Å². The Morgan fingerprint density at radius 1 is 1.37 bits per heavy atom. The maximum Gasteiger partial charge on any atom is 0.169 e. The van der Waals surface area contributed by atoms with Crippen molar-refractivity contribution >= 4 is 27.5 Å². The van der Waals surface area contributed by atoms with Gasteiger partial charge >= 0.3 is 0 Å². The molecule has 1 unspecified atom stereocenters. The molecule has 5 heteroatoms. The fourth-order valence-corrected chi connectivity index (χ4v) is 2.46. The van der Waals surface area contributed by atoms with Gasteiger partial charge < -0.3 is 9.73 Å². The lowest BCUT2D eigenvalue weighted by Crippen LogP contribution is -2.22. The molecule has 1 N–H and O–H groups in total. The van der Waals surface area contributed by atoms with E-state index in [1.54, 1.807) is 12.1 Å². The van der Waals surface area contributed by atoms with Crippen molar-refractivity contribution in [2.75, 3.05) is 6.54 Å². The highest BCUT2D eigenvalue weighted by Crippen LogP contribution is 2.25. The minimum absolute atomic E-state index is 0.0397. The number of furan rings is 1. The van der Waals surface area contributed by atoms with E-state index in [1.807, 2.05) is 19.1 Å². The molecule has 0 aliphatic heterocycles. The number of nitrogens with one attached hydrogen (secondary N) is 1. The van der Waals surface area contributed by atoms with Crippen molar-refractivity contribution in [1.29, 1.82) is 0 Å². The first kappa shape index (κ1) is 14.6. The number of benzene rings is 1. The zero-order valence-corrected chi connectivity index (χ0v) is 12.8. The fourth-order valence-electron chi connectivity index (χ4n) is 1.94. The monoisotopic (exact) mass is 345 g/mol. The molecule has 0 bridgehead atoms. The van der Waals surface area contributed by atoms with Crippen molar-refractivity contribution in [3.8, 4) is 0 Å². The summed E-state index contributed by atoms with van der Waals surface area (Å²) in [5, 5.41) is 3.49. The average Bonchev–Trinajstić information content (AvgIpc) is 2.80. The Hall–Kier alpha value is -0.840. The summed E-state index contributed by atoms with van der Waals surface area (Å²) in [6.45, 7) is 2.85. The highest BCUT2D eigenvalue weighted by Gasteiger charge is 2.15. The van der Waals surface area contributed by atoms with Crippen LogP contribution in [0.1, 0.15) is 24.3 Å². The summed E-state index contributed by atoms with van der Waals surface area (Å²) in [4.78, 5) is 0. The molecule has 1 aromatic heterocycles. The van der Waals surface area contributed by atoms with Crippen LogP contribution in [0, 0.1) is 5.82 Å². The average molecular weight is 347 g/mol. The maximum atomic E-state index is 13.1. The van der Waals surface area contributed by atoms with Gasteiger partial charge in [-0.05, 0) is 58.7 Å². The SMILES string of the molecule is CCNC(Cc1ccc(F)c(Cl)c1)c1ccc(Br)o1. The summed E-state index contributed by atoms with van der Waals surface area (Å²) < 4.78 is 19.4. The molecule has 2 nitrogen and oxygen atoms in total. The molecule has 2 aromatic rings. The van der Waals surface area contributed by atoms with Gasteiger partial charge in [0.1, 0.15) is 11.6 Å². The minimum Gasteiger partial charge on any atom is -0.453 e. The Labute approximate surface area is 125 Å². The number of likely N-dealkylation sites (N-methyl/N-ethyl adjacent to an activating group) is 1. The van der Waals surface area contributed by atoms with Crippen molar-refractivity contribution in [3.05, 3.63) is 57.2 Å². The van der Waals surface area contributed by atoms with Gasteiger partial charge in [-0.25, -0.2) is 4.39 Å². The lowest BCUT2D eigenvalue weighted by atomic mass is 10.0. The summed E-state index contributed by atoms with van der Waals surface area (Å²) in [7, 11) is 0. The molecule has 19 heavy (non-hydrogen) atoms. The van der Waals surface area contributed by atoms with Gasteiger partial charge in [0.25, 0.3) is 0 Å². The van der Waals surface area contributed by atoms with E-state index >= 15 is 0 Å². The highest BCUT2D eigenvalue weighted by atomic mass is 79.9. The van der Waals surface area contributed by atoms with Gasteiger partial charge in [0.05, 0.1) is 11.1 Å². The summed E-state index contributed by atoms with van der Waals surface area (Å²) in [6, 6.07) is 8.60. The van der Waals surface area contributed by atoms with Crippen molar-refractivity contribution < 1.29 is 8.81 Å². The van der Waals surface area contributed by atoms with Gasteiger partial charge in [0.15, 0.2) is 4.67 Å². The molecule has 1 heterocycles. The van der Waals surface area contributed by atoms with E-state index in [-0.39, 0.29) is 11.1 Å². The van der Waals surface area contributed by atoms with Crippen molar-refractivity contribution in [3.63, 3.8) is 0 Å². The van der Waals surface area contributed by atoms with E-state index in [1.165, 1.54) is 6.07 Å². The molecule has 1 aromatic carbocycles. The largest absolute Gasteiger partial charge is 0.453 e. The van der Waals surface area contributed by atoms with E-state index in [0.29, 0.717) is 11.1 Å². The number of halogens is 3. The molecule has 2 rings (SSSR count). The molecule has 1 atom stereocenters. The Balaban J connectivity index is 2.18. The third kappa shape index (κ3) is 3.81. The van der Waals surface area contributed by atoms with Crippen LogP contribution >= 0.6 is 27.5 Å². The van der Waals surface area contributed by atoms with E-state index in [9.17, 15) is 4.39 Å². The first-order chi connectivity index (χ1) is 9.10. The van der Waals surface area contributed by atoms with Crippen LogP contribution in [-0.2, 0) is 6.42 Å². The Morgan fingerprint density at radius 3 is 2.74 bits per heavy atom. The predicted octanol–water partition coefficient (Wildman–Crippen LogP) is 4.73. The second-order valence-electron chi connectivity index (χ2n) is 4.20. The van der Waals surface area contributed by atoms with Crippen LogP contribution < -0.4 is 5.32 Å². The number of hydrogen-bond donors (Lipinski definition) is 1. The van der Waals surface area contributed by atoms with Crippen molar-refractivity contribution in [2.45, 2.75) is 19.4 Å². The third-order valence-corrected chi connectivity index (χ3v) is 3.53. The number of hydrogen-bond acceptors (Lipinski definition) is 2. The molecule has 0 radical (unpaired) electrons. The molecule has 0 aliphatic rings. The lowest BCUT2D eigenvalue weighted by Gasteiger charge is -2.15. The third-order valence-electron chi connectivity index (χ3n) is 2.81. The first-order valence-electron chi connectivity index (χ1n) is 6.02. The Kier molecular flexibility index (Phi) is 5.02. The molecular formula is C14H14BrClFNO. The molecule has 0 fully saturated rings. The fraction of sp³-hybridized carbons (Fsp3) is 0.286. The minimum atomic E-state index is -0.397. The van der Waals surface area contributed by atoms with Crippen molar-refractivity contribution in [1.82, 2.24) is 5.32 Å². The summed E-state index contributed by atoms with van der Waals surface area (Å²) in [6.07, 6.45) is 0.688. The van der Waals surface area contributed by atoms with Crippen LogP contribution in [0.2, 0.25) is 5.02 Å². The first-order valence-corrected chi connectivity index (χ1v) is 7.19. The second kappa shape index (κ2) is 6.55. The Bertz CT molecular complexity index is 558. The molecule has 102 valence electrons. The van der Waals surface area contributed by atoms with Crippen LogP contribution in [0.3, 0.4) is 0 Å². The maximum absolute atomic E-state index is 13.1. The zero-order chi connectivity index (χ0) is 13.8. The van der Waals surface area contributed by atoms with Gasteiger partial charge in [-0.15, -0.1) is 0 Å². The summed E-state index contributed by atoms with van der Waals surface area (Å²) in [5.41, 5.74) is 0.963. The molecule has 0 aliphatic carbocycles. The Morgan fingerprint density at radius 2 is 2.16 bits per heavy atom. The van der Waals surface area contributed by atoms with Gasteiger partial charge in [0.2, 0.25) is 0 Å². The normalized spacial score (nSPS) is 12.6. The van der Waals surface area contributed by atoms with Gasteiger partial charge in [-0.1, -0.05) is 24.6 Å². The quantitative estimate of drug-likeness (QED) is 0.847. The van der Waals surface area contributed by atoms with E-state index in [4.69, 9.17) is 16.0 Å². The molecule has 0 amide bonds. The van der Waals surface area contributed by atoms with Gasteiger partial charge in [0, 0.05) is 0 Å². The van der Waals surface area contributed by atoms with Crippen molar-refractivity contribution in [2.24, 2.45) is 0 Å². The predicted molar refractivity (Wildman–Crippen MR) is 77.9 cm³/mol. The van der Waals surface area contributed by atoms with Crippen LogP contribution in [0.4, 0.5) is 4.39 Å². The van der Waals surface area contributed by atoms with Gasteiger partial charge in [-0.3, -0.25) is 0 Å². The standard InChI is InChI=1S/C14H14BrClFNO/c1-2-18-12(13-5-6-14(15)19-13)8-9-3-4-11(17)10(16)7-9/h3-7,12,18H,2,8H2,1H3. The summed E-state index contributed by atoms with van der Waals surface area (Å²) in [5.74, 6) is 0.445.